The molecule has 3 aliphatic rings. The van der Waals surface area contributed by atoms with Crippen LogP contribution in [0.4, 0.5) is 22.3 Å². The predicted octanol–water partition coefficient (Wildman–Crippen LogP) is 8.40. The molecular formula is C54H57N9O7S. The van der Waals surface area contributed by atoms with Gasteiger partial charge < -0.3 is 30.8 Å². The van der Waals surface area contributed by atoms with Crippen LogP contribution in [0.3, 0.4) is 0 Å². The summed E-state index contributed by atoms with van der Waals surface area (Å²) in [5, 5.41) is 31.0. The quantitative estimate of drug-likeness (QED) is 0.0398. The molecule has 71 heavy (non-hydrogen) atoms. The van der Waals surface area contributed by atoms with Crippen LogP contribution < -0.4 is 30.9 Å². The minimum atomic E-state index is -1.13. The van der Waals surface area contributed by atoms with Crippen LogP contribution in [0.2, 0.25) is 0 Å². The number of carbonyl (C=O) groups is 5. The number of piperidine rings is 2. The Balaban J connectivity index is 0.750. The van der Waals surface area contributed by atoms with Gasteiger partial charge in [0, 0.05) is 54.6 Å². The summed E-state index contributed by atoms with van der Waals surface area (Å²) in [6.07, 6.45) is 3.96. The highest BCUT2D eigenvalue weighted by Crippen LogP contribution is 2.35. The molecule has 2 fully saturated rings. The zero-order valence-electron chi connectivity index (χ0n) is 40.0. The Morgan fingerprint density at radius 1 is 0.901 bits per heavy atom. The molecule has 2 atom stereocenters. The number of carboxylic acid groups (broad SMARTS) is 1. The number of nitrogens with zero attached hydrogens (tertiary/aromatic N) is 4. The average molecular weight is 976 g/mol. The summed E-state index contributed by atoms with van der Waals surface area (Å²) in [6, 6.07) is 28.1. The van der Waals surface area contributed by atoms with Crippen LogP contribution in [-0.2, 0) is 27.3 Å². The number of aryl methyl sites for hydroxylation is 1. The van der Waals surface area contributed by atoms with Crippen molar-refractivity contribution in [3.05, 3.63) is 125 Å². The number of aromatic nitrogens is 2. The molecule has 9 rings (SSSR count). The van der Waals surface area contributed by atoms with E-state index in [0.717, 1.165) is 64.8 Å². The van der Waals surface area contributed by atoms with Crippen molar-refractivity contribution in [2.45, 2.75) is 58.9 Å². The number of nitrogens with one attached hydrogen (secondary N) is 5. The van der Waals surface area contributed by atoms with E-state index in [2.05, 4.69) is 38.1 Å². The fourth-order valence-electron chi connectivity index (χ4n) is 10.0. The van der Waals surface area contributed by atoms with Gasteiger partial charge in [0.1, 0.15) is 11.6 Å². The fraction of sp³-hybridized carbons (Fsp3) is 0.333. The minimum Gasteiger partial charge on any atom is -0.494 e. The van der Waals surface area contributed by atoms with E-state index in [-0.39, 0.29) is 48.5 Å². The number of ether oxygens (including phenoxy) is 1. The van der Waals surface area contributed by atoms with E-state index in [4.69, 9.17) is 15.1 Å². The largest absolute Gasteiger partial charge is 0.494 e. The molecule has 4 amide bonds. The Kier molecular flexibility index (Phi) is 14.5. The normalized spacial score (nSPS) is 16.7. The number of anilines is 4. The average Bonchev–Trinajstić information content (AvgIpc) is 3.78. The molecule has 2 aromatic heterocycles. The fourth-order valence-corrected chi connectivity index (χ4v) is 10.9. The van der Waals surface area contributed by atoms with Crippen molar-refractivity contribution >= 4 is 79.2 Å². The lowest BCUT2D eigenvalue weighted by Gasteiger charge is -2.34. The van der Waals surface area contributed by atoms with Gasteiger partial charge in [0.05, 0.1) is 35.0 Å². The molecule has 4 aromatic carbocycles. The first-order valence-electron chi connectivity index (χ1n) is 24.1. The first-order chi connectivity index (χ1) is 34.3. The zero-order valence-corrected chi connectivity index (χ0v) is 40.8. The molecule has 6 N–H and O–H groups in total. The number of thiazole rings is 1. The number of carboxylic acids is 1. The highest BCUT2D eigenvalue weighted by atomic mass is 32.1. The molecule has 6 aromatic rings. The Labute approximate surface area is 415 Å². The molecule has 0 spiro atoms. The lowest BCUT2D eigenvalue weighted by atomic mass is 9.84. The van der Waals surface area contributed by atoms with Crippen LogP contribution in [0.25, 0.3) is 21.3 Å². The summed E-state index contributed by atoms with van der Waals surface area (Å²) in [5.41, 5.74) is 7.29. The Morgan fingerprint density at radius 2 is 1.70 bits per heavy atom. The van der Waals surface area contributed by atoms with Gasteiger partial charge in [-0.15, -0.1) is 0 Å². The Hall–Kier alpha value is -7.50. The monoisotopic (exact) mass is 975 g/mol. The summed E-state index contributed by atoms with van der Waals surface area (Å²) in [6.45, 7) is 7.61. The maximum atomic E-state index is 13.6. The maximum absolute atomic E-state index is 13.6. The molecule has 0 bridgehead atoms. The van der Waals surface area contributed by atoms with Gasteiger partial charge in [0.15, 0.2) is 10.8 Å². The third-order valence-corrected chi connectivity index (χ3v) is 15.0. The van der Waals surface area contributed by atoms with Gasteiger partial charge in [-0.25, -0.2) is 14.8 Å². The smallest absolute Gasteiger partial charge is 0.355 e. The van der Waals surface area contributed by atoms with Crippen LogP contribution in [0.15, 0.2) is 91.0 Å². The minimum absolute atomic E-state index is 0.0477. The van der Waals surface area contributed by atoms with E-state index in [1.807, 2.05) is 84.6 Å². The SMILES string of the molecule is CNc1cc(NC(=O)CN2CCC([C@H](C)CCOc3ccc(-c4ccc(N5CCc6cccc(C(=O)Nc7nc8ccccc8s7)c6C5)nc4C(=O)O)c(C)c3)CC2)ccc1C(=N)C1CCC(=O)NC1=O. The summed E-state index contributed by atoms with van der Waals surface area (Å²) in [7, 11) is 1.72. The number of fused-ring (bicyclic) bond motifs is 2. The van der Waals surface area contributed by atoms with Crippen molar-refractivity contribution in [2.75, 3.05) is 60.7 Å². The molecule has 366 valence electrons. The third kappa shape index (κ3) is 11.0. The van der Waals surface area contributed by atoms with Gasteiger partial charge in [-0.2, -0.15) is 0 Å². The number of rotatable bonds is 16. The van der Waals surface area contributed by atoms with E-state index in [1.165, 1.54) is 11.3 Å². The highest BCUT2D eigenvalue weighted by Gasteiger charge is 2.32. The van der Waals surface area contributed by atoms with Crippen molar-refractivity contribution in [2.24, 2.45) is 17.8 Å². The highest BCUT2D eigenvalue weighted by molar-refractivity contribution is 7.22. The van der Waals surface area contributed by atoms with E-state index in [9.17, 15) is 29.1 Å². The Bertz CT molecular complexity index is 3020. The molecule has 0 aliphatic carbocycles. The van der Waals surface area contributed by atoms with E-state index in [1.54, 1.807) is 25.2 Å². The first kappa shape index (κ1) is 48.5. The maximum Gasteiger partial charge on any atom is 0.355 e. The van der Waals surface area contributed by atoms with Crippen LogP contribution >= 0.6 is 11.3 Å². The topological polar surface area (TPSA) is 219 Å². The summed E-state index contributed by atoms with van der Waals surface area (Å²) in [4.78, 5) is 76.9. The van der Waals surface area contributed by atoms with E-state index in [0.29, 0.717) is 82.7 Å². The number of carbonyl (C=O) groups excluding carboxylic acids is 4. The van der Waals surface area contributed by atoms with E-state index < -0.39 is 17.8 Å². The van der Waals surface area contributed by atoms with Crippen LogP contribution in [0.5, 0.6) is 5.75 Å². The molecule has 5 heterocycles. The lowest BCUT2D eigenvalue weighted by Crippen LogP contribution is -2.44. The van der Waals surface area contributed by atoms with Crippen molar-refractivity contribution < 1.29 is 33.8 Å². The Morgan fingerprint density at radius 3 is 2.46 bits per heavy atom. The second-order valence-corrected chi connectivity index (χ2v) is 19.6. The van der Waals surface area contributed by atoms with Gasteiger partial charge >= 0.3 is 5.97 Å². The second-order valence-electron chi connectivity index (χ2n) is 18.6. The number of likely N-dealkylation sites (tertiary alicyclic amines) is 1. The molecule has 3 aliphatic heterocycles. The van der Waals surface area contributed by atoms with Crippen molar-refractivity contribution in [1.29, 1.82) is 5.41 Å². The van der Waals surface area contributed by atoms with Crippen molar-refractivity contribution in [1.82, 2.24) is 20.2 Å². The molecule has 1 unspecified atom stereocenters. The molecular weight excluding hydrogens is 919 g/mol. The van der Waals surface area contributed by atoms with Gasteiger partial charge in [0.2, 0.25) is 17.7 Å². The van der Waals surface area contributed by atoms with Gasteiger partial charge in [-0.05, 0) is 147 Å². The van der Waals surface area contributed by atoms with Crippen LogP contribution in [0.1, 0.15) is 82.1 Å². The number of hydrogen-bond donors (Lipinski definition) is 6. The number of pyridine rings is 1. The molecule has 0 radical (unpaired) electrons. The molecule has 0 saturated carbocycles. The number of benzene rings is 4. The number of imide groups is 1. The summed E-state index contributed by atoms with van der Waals surface area (Å²) >= 11 is 1.42. The molecule has 16 nitrogen and oxygen atoms in total. The van der Waals surface area contributed by atoms with Crippen molar-refractivity contribution in [3.8, 4) is 16.9 Å². The summed E-state index contributed by atoms with van der Waals surface area (Å²) in [5.74, 6) is -0.857. The number of para-hydroxylation sites is 1. The lowest BCUT2D eigenvalue weighted by molar-refractivity contribution is -0.134. The number of amides is 4. The zero-order chi connectivity index (χ0) is 49.8. The van der Waals surface area contributed by atoms with Gasteiger partial charge in [-0.1, -0.05) is 48.6 Å². The third-order valence-electron chi connectivity index (χ3n) is 14.0. The summed E-state index contributed by atoms with van der Waals surface area (Å²) < 4.78 is 7.23. The van der Waals surface area contributed by atoms with Crippen molar-refractivity contribution in [3.63, 3.8) is 0 Å². The van der Waals surface area contributed by atoms with Crippen LogP contribution in [-0.4, -0.2) is 95.1 Å². The predicted molar refractivity (Wildman–Crippen MR) is 276 cm³/mol. The number of aromatic carboxylic acids is 1. The molecule has 17 heteroatoms. The first-order valence-corrected chi connectivity index (χ1v) is 24.9. The molecule has 2 saturated heterocycles. The van der Waals surface area contributed by atoms with Gasteiger partial charge in [-0.3, -0.25) is 34.7 Å². The number of hydrogen-bond acceptors (Lipinski definition) is 13. The van der Waals surface area contributed by atoms with Crippen LogP contribution in [0, 0.1) is 30.1 Å². The standard InChI is InChI=1S/C54H57N9O7S/c1-31(33-19-23-62(24-20-33)30-48(65)57-35-11-13-40(44(28-35)56-3)49(55)41-16-18-47(64)60-52(41)67)22-26-70-36-12-14-37(32(2)27-36)38-15-17-46(59-50(38)53(68)69)63-25-21-34-7-6-8-39(42(34)29-63)51(66)61-54-58-43-9-4-5-10-45(43)71-54/h4-15,17,27-28,31,33,41,55-56H,16,18-26,29-30H2,1-3H3,(H,57,65)(H,68,69)(H,58,61,66)(H,60,64,67)/t31-,41?/m1/s1. The van der Waals surface area contributed by atoms with E-state index >= 15 is 0 Å². The van der Waals surface area contributed by atoms with Gasteiger partial charge in [0.25, 0.3) is 5.91 Å². The second kappa shape index (κ2) is 21.2.